The van der Waals surface area contributed by atoms with Crippen molar-refractivity contribution in [2.45, 2.75) is 70.8 Å². The molecule has 1 heterocycles. The maximum Gasteiger partial charge on any atom is 0.235 e. The molecule has 1 amide bonds. The van der Waals surface area contributed by atoms with E-state index in [-0.39, 0.29) is 48.2 Å². The highest BCUT2D eigenvalue weighted by Crippen LogP contribution is 2.57. The van der Waals surface area contributed by atoms with Crippen LogP contribution in [0.2, 0.25) is 0 Å². The second-order valence-electron chi connectivity index (χ2n) is 13.1. The van der Waals surface area contributed by atoms with Crippen molar-refractivity contribution in [3.05, 3.63) is 28.1 Å². The Bertz CT molecular complexity index is 1380. The van der Waals surface area contributed by atoms with Gasteiger partial charge in [0.15, 0.2) is 34.7 Å². The third-order valence-electron chi connectivity index (χ3n) is 9.45. The third kappa shape index (κ3) is 3.45. The van der Waals surface area contributed by atoms with Crippen molar-refractivity contribution in [1.82, 2.24) is 9.80 Å². The highest BCUT2D eigenvalue weighted by Gasteiger charge is 2.71. The number of carbonyl (C=O) groups excluding carboxylic acids is 5. The van der Waals surface area contributed by atoms with Crippen molar-refractivity contribution in [3.63, 3.8) is 0 Å². The summed E-state index contributed by atoms with van der Waals surface area (Å²) in [6.07, 6.45) is -0.274. The topological polar surface area (TPSA) is 158 Å². The molecule has 0 radical (unpaired) electrons. The number of hydrogen-bond donors (Lipinski definition) is 3. The molecule has 39 heavy (non-hydrogen) atoms. The molecule has 0 bridgehead atoms. The first-order valence-corrected chi connectivity index (χ1v) is 13.0. The van der Waals surface area contributed by atoms with Gasteiger partial charge in [0.25, 0.3) is 0 Å². The van der Waals surface area contributed by atoms with Crippen LogP contribution in [0.1, 0.15) is 61.2 Å². The predicted octanol–water partition coefficient (Wildman–Crippen LogP) is 0.510. The van der Waals surface area contributed by atoms with Crippen molar-refractivity contribution in [3.8, 4) is 5.75 Å². The van der Waals surface area contributed by atoms with Crippen LogP contribution in [0, 0.1) is 29.0 Å². The van der Waals surface area contributed by atoms with Gasteiger partial charge in [0.1, 0.15) is 11.6 Å². The number of fused-ring (bicyclic) bond motifs is 4. The largest absolute Gasteiger partial charge is 0.507 e. The van der Waals surface area contributed by atoms with Crippen LogP contribution in [0.15, 0.2) is 0 Å². The van der Waals surface area contributed by atoms with E-state index in [2.05, 4.69) is 0 Å². The van der Waals surface area contributed by atoms with Crippen molar-refractivity contribution in [2.24, 2.45) is 28.9 Å². The number of carbonyl (C=O) groups is 5. The molecule has 1 aliphatic heterocycles. The summed E-state index contributed by atoms with van der Waals surface area (Å²) < 4.78 is 16.1. The molecule has 2 saturated carbocycles. The van der Waals surface area contributed by atoms with E-state index in [1.807, 2.05) is 25.7 Å². The molecule has 210 valence electrons. The molecule has 3 aliphatic carbocycles. The molecular weight excluding hydrogens is 509 g/mol. The van der Waals surface area contributed by atoms with Crippen molar-refractivity contribution in [2.75, 3.05) is 14.1 Å². The summed E-state index contributed by atoms with van der Waals surface area (Å²) in [6, 6.07) is -1.22. The number of benzene rings is 1. The molecule has 4 aliphatic rings. The average molecular weight is 544 g/mol. The lowest BCUT2D eigenvalue weighted by Gasteiger charge is -2.56. The number of aromatic hydroxyl groups is 1. The van der Waals surface area contributed by atoms with E-state index in [0.717, 1.165) is 0 Å². The van der Waals surface area contributed by atoms with Crippen LogP contribution in [0.3, 0.4) is 0 Å². The Labute approximate surface area is 225 Å². The van der Waals surface area contributed by atoms with Gasteiger partial charge in [-0.05, 0) is 53.1 Å². The molecule has 10 nitrogen and oxygen atoms in total. The van der Waals surface area contributed by atoms with Crippen LogP contribution in [0.5, 0.6) is 5.75 Å². The summed E-state index contributed by atoms with van der Waals surface area (Å²) in [7, 11) is 3.03. The number of nitrogens with zero attached hydrogens (tertiary/aromatic N) is 2. The number of rotatable bonds is 2. The molecule has 0 aromatic heterocycles. The Kier molecular flexibility index (Phi) is 5.82. The standard InChI is InChI=1S/C28H34FN3O7/c1-26(2,3)32-9-12-13(10-32)20(33)15-11(18(12)29)7-27(4)8-14-19(31(5)6)22(35)16(25(30)38)23(36)28(14,39)24(37)17(27)21(15)34/h14,16-17,19,33,39H,7-10H2,1-6H3,(H2,30,38). The van der Waals surface area contributed by atoms with Crippen LogP contribution < -0.4 is 5.73 Å². The monoisotopic (exact) mass is 543 g/mol. The van der Waals surface area contributed by atoms with Gasteiger partial charge in [-0.15, -0.1) is 0 Å². The number of hydrogen-bond acceptors (Lipinski definition) is 9. The highest BCUT2D eigenvalue weighted by atomic mass is 19.1. The number of nitrogens with two attached hydrogens (primary N) is 1. The van der Waals surface area contributed by atoms with E-state index >= 15 is 4.39 Å². The van der Waals surface area contributed by atoms with Crippen LogP contribution in [0.25, 0.3) is 0 Å². The van der Waals surface area contributed by atoms with Gasteiger partial charge < -0.3 is 15.9 Å². The minimum absolute atomic E-state index is 0.00567. The normalized spacial score (nSPS) is 34.6. The number of phenols is 1. The lowest BCUT2D eigenvalue weighted by Crippen LogP contribution is -2.75. The second-order valence-corrected chi connectivity index (χ2v) is 13.1. The minimum Gasteiger partial charge on any atom is -0.507 e. The Morgan fingerprint density at radius 1 is 1.08 bits per heavy atom. The maximum atomic E-state index is 16.1. The van der Waals surface area contributed by atoms with Gasteiger partial charge in [0.2, 0.25) is 5.91 Å². The fourth-order valence-corrected chi connectivity index (χ4v) is 7.43. The van der Waals surface area contributed by atoms with Crippen molar-refractivity contribution < 1.29 is 38.6 Å². The Hall–Kier alpha value is -3.02. The van der Waals surface area contributed by atoms with Gasteiger partial charge in [0.05, 0.1) is 17.5 Å². The smallest absolute Gasteiger partial charge is 0.235 e. The number of amides is 1. The van der Waals surface area contributed by atoms with Gasteiger partial charge in [-0.1, -0.05) is 6.92 Å². The molecule has 0 spiro atoms. The molecule has 1 aromatic carbocycles. The molecule has 6 atom stereocenters. The summed E-state index contributed by atoms with van der Waals surface area (Å²) in [5, 5.41) is 23.0. The number of Topliss-reactive ketones (excluding diaryl/α,β-unsaturated/α-hetero) is 4. The number of ketones is 4. The van der Waals surface area contributed by atoms with Crippen LogP contribution >= 0.6 is 0 Å². The quantitative estimate of drug-likeness (QED) is 0.452. The Balaban J connectivity index is 1.68. The maximum absolute atomic E-state index is 16.1. The summed E-state index contributed by atoms with van der Waals surface area (Å²) in [5.41, 5.74) is 1.17. The van der Waals surface area contributed by atoms with Crippen LogP contribution in [-0.4, -0.2) is 80.3 Å². The van der Waals surface area contributed by atoms with E-state index in [1.165, 1.54) is 19.0 Å². The highest BCUT2D eigenvalue weighted by molar-refractivity contribution is 6.32. The van der Waals surface area contributed by atoms with Gasteiger partial charge in [-0.2, -0.15) is 0 Å². The lowest BCUT2D eigenvalue weighted by molar-refractivity contribution is -0.185. The van der Waals surface area contributed by atoms with Gasteiger partial charge in [-0.25, -0.2) is 4.39 Å². The molecule has 6 unspecified atom stereocenters. The van der Waals surface area contributed by atoms with E-state index in [4.69, 9.17) is 5.73 Å². The zero-order valence-electron chi connectivity index (χ0n) is 22.9. The number of phenolic OH excluding ortho intramolecular Hbond substituents is 1. The Morgan fingerprint density at radius 2 is 1.67 bits per heavy atom. The minimum atomic E-state index is -2.83. The van der Waals surface area contributed by atoms with Crippen LogP contribution in [0.4, 0.5) is 4.39 Å². The summed E-state index contributed by atoms with van der Waals surface area (Å²) >= 11 is 0. The zero-order chi connectivity index (χ0) is 29.1. The van der Waals surface area contributed by atoms with Gasteiger partial charge in [0, 0.05) is 41.2 Å². The molecular formula is C28H34FN3O7. The van der Waals surface area contributed by atoms with E-state index in [9.17, 15) is 34.2 Å². The molecule has 2 fully saturated rings. The third-order valence-corrected chi connectivity index (χ3v) is 9.45. The first-order valence-electron chi connectivity index (χ1n) is 13.0. The lowest BCUT2D eigenvalue weighted by atomic mass is 9.47. The molecule has 0 saturated heterocycles. The van der Waals surface area contributed by atoms with Crippen molar-refractivity contribution in [1.29, 1.82) is 0 Å². The number of likely N-dealkylation sites (N-methyl/N-ethyl adjacent to an activating group) is 1. The number of primary amides is 1. The number of aliphatic hydroxyl groups is 1. The van der Waals surface area contributed by atoms with Gasteiger partial charge in [-0.3, -0.25) is 33.8 Å². The fourth-order valence-electron chi connectivity index (χ4n) is 7.43. The summed E-state index contributed by atoms with van der Waals surface area (Å²) in [4.78, 5) is 70.2. The fraction of sp³-hybridized carbons (Fsp3) is 0.607. The van der Waals surface area contributed by atoms with E-state index in [0.29, 0.717) is 5.56 Å². The van der Waals surface area contributed by atoms with E-state index in [1.54, 1.807) is 6.92 Å². The number of halogens is 1. The first kappa shape index (κ1) is 27.5. The molecule has 4 N–H and O–H groups in total. The van der Waals surface area contributed by atoms with E-state index < -0.39 is 75.4 Å². The molecule has 11 heteroatoms. The second kappa shape index (κ2) is 8.25. The zero-order valence-corrected chi connectivity index (χ0v) is 22.9. The molecule has 1 aromatic rings. The predicted molar refractivity (Wildman–Crippen MR) is 135 cm³/mol. The average Bonchev–Trinajstić information content (AvgIpc) is 3.26. The van der Waals surface area contributed by atoms with Gasteiger partial charge >= 0.3 is 0 Å². The molecule has 5 rings (SSSR count). The first-order chi connectivity index (χ1) is 17.9. The Morgan fingerprint density at radius 3 is 2.21 bits per heavy atom. The SMILES string of the molecule is CN(C)C1C(=O)C(C(N)=O)C(=O)C2(O)C(=O)C3C(=O)c4c(O)c5c(c(F)c4CC3(C)CC12)CN(C(C)(C)C)C5. The van der Waals surface area contributed by atoms with Crippen molar-refractivity contribution >= 4 is 29.0 Å². The summed E-state index contributed by atoms with van der Waals surface area (Å²) in [5.74, 6) is -11.4. The summed E-state index contributed by atoms with van der Waals surface area (Å²) in [6.45, 7) is 7.90. The van der Waals surface area contributed by atoms with Crippen LogP contribution in [-0.2, 0) is 38.7 Å².